The average Bonchev–Trinajstić information content (AvgIpc) is 3.11. The molecule has 1 saturated heterocycles. The van der Waals surface area contributed by atoms with Gasteiger partial charge in [-0.05, 0) is 19.8 Å². The molecule has 1 aliphatic carbocycles. The van der Waals surface area contributed by atoms with Gasteiger partial charge in [0.2, 0.25) is 5.88 Å². The van der Waals surface area contributed by atoms with E-state index in [1.807, 2.05) is 18.4 Å². The summed E-state index contributed by atoms with van der Waals surface area (Å²) in [5, 5.41) is 6.47. The molecular weight excluding hydrogens is 378 g/mol. The van der Waals surface area contributed by atoms with Crippen molar-refractivity contribution in [3.05, 3.63) is 16.5 Å². The zero-order chi connectivity index (χ0) is 19.5. The van der Waals surface area contributed by atoms with E-state index in [0.717, 1.165) is 29.4 Å². The van der Waals surface area contributed by atoms with Crippen LogP contribution in [0.4, 0.5) is 10.6 Å². The Kier molecular flexibility index (Phi) is 5.61. The molecule has 2 fully saturated rings. The summed E-state index contributed by atoms with van der Waals surface area (Å²) in [4.78, 5) is 26.9. The van der Waals surface area contributed by atoms with Gasteiger partial charge in [-0.3, -0.25) is 0 Å². The molecule has 4 rings (SSSR count). The lowest BCUT2D eigenvalue weighted by molar-refractivity contribution is 0.0161. The minimum absolute atomic E-state index is 0.0958. The maximum absolute atomic E-state index is 11.5. The number of nitrogens with zero attached hydrogens (tertiary/aromatic N) is 4. The number of carbonyl (C=O) groups is 1. The van der Waals surface area contributed by atoms with Gasteiger partial charge in [0.1, 0.15) is 17.6 Å². The Balaban J connectivity index is 1.51. The summed E-state index contributed by atoms with van der Waals surface area (Å²) >= 11 is 1.57. The number of aromatic nitrogens is 3. The highest BCUT2D eigenvalue weighted by Gasteiger charge is 2.33. The molecule has 1 N–H and O–H groups in total. The first-order valence-corrected chi connectivity index (χ1v) is 10.6. The smallest absolute Gasteiger partial charge is 0.409 e. The minimum atomic E-state index is -0.333. The third-order valence-corrected chi connectivity index (χ3v) is 5.85. The van der Waals surface area contributed by atoms with Gasteiger partial charge < -0.3 is 19.7 Å². The number of carbonyl (C=O) groups excluding carboxylic acids is 1. The molecule has 0 aromatic carbocycles. The van der Waals surface area contributed by atoms with Crippen molar-refractivity contribution >= 4 is 23.2 Å². The molecule has 2 aromatic rings. The van der Waals surface area contributed by atoms with Gasteiger partial charge in [0, 0.05) is 17.5 Å². The number of anilines is 1. The molecular formula is C19H25N5O3S. The molecule has 9 heteroatoms. The van der Waals surface area contributed by atoms with E-state index in [0.29, 0.717) is 30.8 Å². The van der Waals surface area contributed by atoms with Crippen molar-refractivity contribution in [3.8, 4) is 17.4 Å². The van der Waals surface area contributed by atoms with Gasteiger partial charge in [-0.1, -0.05) is 19.3 Å². The zero-order valence-electron chi connectivity index (χ0n) is 16.2. The standard InChI is InChI=1S/C19H25N5O3S/c1-12-20-15(11-28-12)18-22-16(21-13-6-4-3-5-7-13)8-17(23-18)27-14-9-24(10-14)19(25)26-2/h8,11,13-14H,3-7,9-10H2,1-2H3,(H,21,22,23). The quantitative estimate of drug-likeness (QED) is 0.817. The van der Waals surface area contributed by atoms with E-state index in [9.17, 15) is 4.79 Å². The molecule has 3 heterocycles. The molecule has 1 amide bonds. The number of methoxy groups -OCH3 is 1. The van der Waals surface area contributed by atoms with Crippen LogP contribution < -0.4 is 10.1 Å². The maximum atomic E-state index is 11.5. The Morgan fingerprint density at radius 1 is 1.21 bits per heavy atom. The van der Waals surface area contributed by atoms with Gasteiger partial charge in [-0.2, -0.15) is 4.98 Å². The van der Waals surface area contributed by atoms with E-state index >= 15 is 0 Å². The van der Waals surface area contributed by atoms with Gasteiger partial charge in [0.25, 0.3) is 0 Å². The number of nitrogens with one attached hydrogen (secondary N) is 1. The van der Waals surface area contributed by atoms with E-state index in [2.05, 4.69) is 20.3 Å². The molecule has 8 nitrogen and oxygen atoms in total. The predicted octanol–water partition coefficient (Wildman–Crippen LogP) is 3.48. The van der Waals surface area contributed by atoms with Crippen molar-refractivity contribution in [2.45, 2.75) is 51.2 Å². The summed E-state index contributed by atoms with van der Waals surface area (Å²) in [5.74, 6) is 1.83. The van der Waals surface area contributed by atoms with Gasteiger partial charge in [0.05, 0.1) is 25.2 Å². The van der Waals surface area contributed by atoms with Crippen molar-refractivity contribution in [2.75, 3.05) is 25.5 Å². The van der Waals surface area contributed by atoms with Crippen LogP contribution in [0.3, 0.4) is 0 Å². The fourth-order valence-corrected chi connectivity index (χ4v) is 4.15. The van der Waals surface area contributed by atoms with Crippen LogP contribution in [0.15, 0.2) is 11.4 Å². The second-order valence-corrected chi connectivity index (χ2v) is 8.32. The van der Waals surface area contributed by atoms with Crippen LogP contribution in [-0.2, 0) is 4.74 Å². The van der Waals surface area contributed by atoms with Crippen LogP contribution in [0.5, 0.6) is 5.88 Å². The first-order chi connectivity index (χ1) is 13.6. The monoisotopic (exact) mass is 403 g/mol. The Bertz CT molecular complexity index is 831. The first-order valence-electron chi connectivity index (χ1n) is 9.68. The highest BCUT2D eigenvalue weighted by Crippen LogP contribution is 2.27. The van der Waals surface area contributed by atoms with Crippen molar-refractivity contribution in [1.82, 2.24) is 19.9 Å². The van der Waals surface area contributed by atoms with Gasteiger partial charge in [-0.25, -0.2) is 14.8 Å². The first kappa shape index (κ1) is 18.9. The molecule has 2 aromatic heterocycles. The molecule has 2 aliphatic rings. The van der Waals surface area contributed by atoms with Gasteiger partial charge >= 0.3 is 6.09 Å². The van der Waals surface area contributed by atoms with Crippen molar-refractivity contribution in [3.63, 3.8) is 0 Å². The lowest BCUT2D eigenvalue weighted by Gasteiger charge is -2.37. The van der Waals surface area contributed by atoms with Gasteiger partial charge in [-0.15, -0.1) is 11.3 Å². The fraction of sp³-hybridized carbons (Fsp3) is 0.579. The Morgan fingerprint density at radius 3 is 2.68 bits per heavy atom. The van der Waals surface area contributed by atoms with Crippen LogP contribution >= 0.6 is 11.3 Å². The summed E-state index contributed by atoms with van der Waals surface area (Å²) < 4.78 is 10.7. The summed E-state index contributed by atoms with van der Waals surface area (Å²) in [5.41, 5.74) is 0.754. The normalized spacial score (nSPS) is 17.9. The number of rotatable bonds is 5. The van der Waals surface area contributed by atoms with E-state index in [1.165, 1.54) is 26.4 Å². The highest BCUT2D eigenvalue weighted by atomic mass is 32.1. The summed E-state index contributed by atoms with van der Waals surface area (Å²) in [6.07, 6.45) is 5.68. The van der Waals surface area contributed by atoms with Crippen LogP contribution in [0.25, 0.3) is 11.5 Å². The average molecular weight is 404 g/mol. The lowest BCUT2D eigenvalue weighted by atomic mass is 9.95. The number of aryl methyl sites for hydroxylation is 1. The summed E-state index contributed by atoms with van der Waals surface area (Å²) in [6, 6.07) is 2.28. The second kappa shape index (κ2) is 8.30. The molecule has 0 bridgehead atoms. The third kappa shape index (κ3) is 4.35. The minimum Gasteiger partial charge on any atom is -0.470 e. The molecule has 0 radical (unpaired) electrons. The van der Waals surface area contributed by atoms with E-state index in [4.69, 9.17) is 9.47 Å². The summed E-state index contributed by atoms with van der Waals surface area (Å²) in [7, 11) is 1.38. The lowest BCUT2D eigenvalue weighted by Crippen LogP contribution is -2.56. The highest BCUT2D eigenvalue weighted by molar-refractivity contribution is 7.09. The van der Waals surface area contributed by atoms with Crippen LogP contribution in [0, 0.1) is 6.92 Å². The Morgan fingerprint density at radius 2 is 2.00 bits per heavy atom. The molecule has 1 aliphatic heterocycles. The van der Waals surface area contributed by atoms with Crippen LogP contribution in [0.2, 0.25) is 0 Å². The largest absolute Gasteiger partial charge is 0.470 e. The molecule has 0 spiro atoms. The number of likely N-dealkylation sites (tertiary alicyclic amines) is 1. The summed E-state index contributed by atoms with van der Waals surface area (Å²) in [6.45, 7) is 2.95. The SMILES string of the molecule is COC(=O)N1CC(Oc2cc(NC3CCCCC3)nc(-c3csc(C)n3)n2)C1. The molecule has 0 atom stereocenters. The Hall–Kier alpha value is -2.42. The van der Waals surface area contributed by atoms with E-state index in [1.54, 1.807) is 16.2 Å². The number of hydrogen-bond donors (Lipinski definition) is 1. The second-order valence-electron chi connectivity index (χ2n) is 7.26. The van der Waals surface area contributed by atoms with Gasteiger partial charge in [0.15, 0.2) is 5.82 Å². The van der Waals surface area contributed by atoms with Crippen LogP contribution in [0.1, 0.15) is 37.1 Å². The molecule has 28 heavy (non-hydrogen) atoms. The van der Waals surface area contributed by atoms with Crippen molar-refractivity contribution in [1.29, 1.82) is 0 Å². The van der Waals surface area contributed by atoms with E-state index < -0.39 is 0 Å². The molecule has 150 valence electrons. The maximum Gasteiger partial charge on any atom is 0.409 e. The molecule has 0 unspecified atom stereocenters. The molecule has 1 saturated carbocycles. The van der Waals surface area contributed by atoms with Crippen molar-refractivity contribution in [2.24, 2.45) is 0 Å². The number of amides is 1. The number of hydrogen-bond acceptors (Lipinski definition) is 8. The predicted molar refractivity (Wildman–Crippen MR) is 107 cm³/mol. The zero-order valence-corrected chi connectivity index (χ0v) is 17.0. The number of ether oxygens (including phenoxy) is 2. The number of thiazole rings is 1. The Labute approximate surface area is 168 Å². The van der Waals surface area contributed by atoms with E-state index in [-0.39, 0.29) is 12.2 Å². The fourth-order valence-electron chi connectivity index (χ4n) is 3.56. The topological polar surface area (TPSA) is 89.5 Å². The third-order valence-electron chi connectivity index (χ3n) is 5.08. The van der Waals surface area contributed by atoms with Crippen LogP contribution in [-0.4, -0.2) is 58.3 Å². The van der Waals surface area contributed by atoms with Crippen molar-refractivity contribution < 1.29 is 14.3 Å².